The van der Waals surface area contributed by atoms with Gasteiger partial charge in [-0.3, -0.25) is 14.1 Å². The van der Waals surface area contributed by atoms with Crippen LogP contribution in [-0.4, -0.2) is 35.9 Å². The normalized spacial score (nSPS) is 13.0. The number of carbonyl (C=O) groups excluding carboxylic acids is 1. The van der Waals surface area contributed by atoms with E-state index in [0.717, 1.165) is 12.1 Å². The summed E-state index contributed by atoms with van der Waals surface area (Å²) in [6, 6.07) is 2.19. The number of carboxylic acid groups (broad SMARTS) is 1. The van der Waals surface area contributed by atoms with Gasteiger partial charge in [-0.05, 0) is 24.6 Å². The van der Waals surface area contributed by atoms with Crippen LogP contribution in [-0.2, 0) is 14.9 Å². The van der Waals surface area contributed by atoms with Crippen molar-refractivity contribution in [1.29, 1.82) is 0 Å². The maximum absolute atomic E-state index is 11.9. The van der Waals surface area contributed by atoms with Gasteiger partial charge in [0.1, 0.15) is 0 Å². The SMILES string of the molecule is Cc1ccc(S(=O)(=O)O)cc1C(=O)[C@@H](N)CC(=O)O. The average Bonchev–Trinajstić information content (AvgIpc) is 2.26. The third-order valence-corrected chi connectivity index (χ3v) is 3.35. The molecule has 1 atom stereocenters. The summed E-state index contributed by atoms with van der Waals surface area (Å²) >= 11 is 0. The van der Waals surface area contributed by atoms with Crippen molar-refractivity contribution in [3.05, 3.63) is 29.3 Å². The van der Waals surface area contributed by atoms with Crippen molar-refractivity contribution in [2.24, 2.45) is 5.73 Å². The minimum atomic E-state index is -4.43. The van der Waals surface area contributed by atoms with E-state index in [4.69, 9.17) is 15.4 Å². The summed E-state index contributed by atoms with van der Waals surface area (Å²) in [5.41, 5.74) is 5.85. The zero-order valence-electron chi connectivity index (χ0n) is 10.0. The van der Waals surface area contributed by atoms with E-state index < -0.39 is 39.2 Å². The molecule has 4 N–H and O–H groups in total. The van der Waals surface area contributed by atoms with E-state index in [2.05, 4.69) is 0 Å². The minimum absolute atomic E-state index is 0.0242. The van der Waals surface area contributed by atoms with Crippen LogP contribution in [0.1, 0.15) is 22.3 Å². The molecule has 0 saturated heterocycles. The minimum Gasteiger partial charge on any atom is -0.481 e. The van der Waals surface area contributed by atoms with Gasteiger partial charge >= 0.3 is 5.97 Å². The number of rotatable bonds is 5. The molecule has 0 spiro atoms. The zero-order valence-corrected chi connectivity index (χ0v) is 10.8. The Kier molecular flexibility index (Phi) is 4.40. The van der Waals surface area contributed by atoms with Crippen molar-refractivity contribution in [2.75, 3.05) is 0 Å². The van der Waals surface area contributed by atoms with Crippen LogP contribution in [0.15, 0.2) is 23.1 Å². The number of hydrogen-bond donors (Lipinski definition) is 3. The first-order valence-corrected chi connectivity index (χ1v) is 6.66. The Morgan fingerprint density at radius 1 is 1.37 bits per heavy atom. The van der Waals surface area contributed by atoms with Gasteiger partial charge in [0.25, 0.3) is 10.1 Å². The number of aliphatic carboxylic acids is 1. The van der Waals surface area contributed by atoms with E-state index in [-0.39, 0.29) is 5.56 Å². The molecule has 0 bridgehead atoms. The molecule has 8 heteroatoms. The number of ketones is 1. The molecule has 1 aromatic carbocycles. The van der Waals surface area contributed by atoms with Crippen LogP contribution in [0.25, 0.3) is 0 Å². The highest BCUT2D eigenvalue weighted by atomic mass is 32.2. The fourth-order valence-corrected chi connectivity index (χ4v) is 2.01. The van der Waals surface area contributed by atoms with Gasteiger partial charge in [0.2, 0.25) is 0 Å². The largest absolute Gasteiger partial charge is 0.481 e. The monoisotopic (exact) mass is 287 g/mol. The summed E-state index contributed by atoms with van der Waals surface area (Å²) < 4.78 is 30.9. The Morgan fingerprint density at radius 3 is 2.42 bits per heavy atom. The van der Waals surface area contributed by atoms with E-state index in [1.54, 1.807) is 6.92 Å². The second kappa shape index (κ2) is 5.47. The van der Waals surface area contributed by atoms with Gasteiger partial charge < -0.3 is 10.8 Å². The number of carboxylic acids is 1. The first-order chi connectivity index (χ1) is 8.62. The predicted octanol–water partition coefficient (Wildman–Crippen LogP) is 0.226. The molecule has 0 aliphatic carbocycles. The summed E-state index contributed by atoms with van der Waals surface area (Å²) in [7, 11) is -4.43. The van der Waals surface area contributed by atoms with Gasteiger partial charge in [-0.25, -0.2) is 0 Å². The van der Waals surface area contributed by atoms with Gasteiger partial charge in [0, 0.05) is 5.56 Å². The molecule has 1 aromatic rings. The number of aryl methyl sites for hydroxylation is 1. The molecule has 0 amide bonds. The molecule has 104 valence electrons. The fraction of sp³-hybridized carbons (Fsp3) is 0.273. The van der Waals surface area contributed by atoms with E-state index in [9.17, 15) is 18.0 Å². The Bertz CT molecular complexity index is 622. The maximum atomic E-state index is 11.9. The summed E-state index contributed by atoms with van der Waals surface area (Å²) in [5.74, 6) is -1.92. The number of benzene rings is 1. The molecule has 0 radical (unpaired) electrons. The van der Waals surface area contributed by atoms with Crippen LogP contribution in [0.3, 0.4) is 0 Å². The number of nitrogens with two attached hydrogens (primary N) is 1. The predicted molar refractivity (Wildman–Crippen MR) is 65.6 cm³/mol. The highest BCUT2D eigenvalue weighted by molar-refractivity contribution is 7.85. The molecule has 0 saturated carbocycles. The highest BCUT2D eigenvalue weighted by Crippen LogP contribution is 2.17. The highest BCUT2D eigenvalue weighted by Gasteiger charge is 2.22. The summed E-state index contributed by atoms with van der Waals surface area (Å²) in [6.07, 6.45) is -0.561. The van der Waals surface area contributed by atoms with Crippen molar-refractivity contribution >= 4 is 21.9 Å². The Morgan fingerprint density at radius 2 is 1.95 bits per heavy atom. The Labute approximate surface area is 109 Å². The van der Waals surface area contributed by atoms with Gasteiger partial charge in [-0.2, -0.15) is 8.42 Å². The topological polar surface area (TPSA) is 135 Å². The van der Waals surface area contributed by atoms with Crippen molar-refractivity contribution in [3.63, 3.8) is 0 Å². The van der Waals surface area contributed by atoms with E-state index >= 15 is 0 Å². The third-order valence-electron chi connectivity index (χ3n) is 2.50. The Balaban J connectivity index is 3.20. The summed E-state index contributed by atoms with van der Waals surface area (Å²) in [6.45, 7) is 1.55. The van der Waals surface area contributed by atoms with Crippen molar-refractivity contribution in [2.45, 2.75) is 24.3 Å². The molecule has 0 aliphatic heterocycles. The lowest BCUT2D eigenvalue weighted by Crippen LogP contribution is -2.33. The van der Waals surface area contributed by atoms with Crippen LogP contribution in [0.4, 0.5) is 0 Å². The van der Waals surface area contributed by atoms with Crippen molar-refractivity contribution in [3.8, 4) is 0 Å². The van der Waals surface area contributed by atoms with Crippen molar-refractivity contribution < 1.29 is 27.7 Å². The molecular formula is C11H13NO6S. The lowest BCUT2D eigenvalue weighted by Gasteiger charge is -2.11. The smallest absolute Gasteiger partial charge is 0.305 e. The molecule has 0 unspecified atom stereocenters. The maximum Gasteiger partial charge on any atom is 0.305 e. The summed E-state index contributed by atoms with van der Waals surface area (Å²) in [5, 5.41) is 8.56. The molecule has 1 rings (SSSR count). The van der Waals surface area contributed by atoms with E-state index in [0.29, 0.717) is 5.56 Å². The average molecular weight is 287 g/mol. The van der Waals surface area contributed by atoms with Crippen LogP contribution in [0.2, 0.25) is 0 Å². The van der Waals surface area contributed by atoms with Crippen LogP contribution >= 0.6 is 0 Å². The molecule has 0 aromatic heterocycles. The van der Waals surface area contributed by atoms with Gasteiger partial charge in [0.15, 0.2) is 5.78 Å². The van der Waals surface area contributed by atoms with Gasteiger partial charge in [0.05, 0.1) is 17.4 Å². The lowest BCUT2D eigenvalue weighted by molar-refractivity contribution is -0.137. The fourth-order valence-electron chi connectivity index (χ4n) is 1.51. The first-order valence-electron chi connectivity index (χ1n) is 5.22. The first kappa shape index (κ1) is 15.3. The Hall–Kier alpha value is -1.77. The van der Waals surface area contributed by atoms with E-state index in [1.165, 1.54) is 6.07 Å². The number of carbonyl (C=O) groups is 2. The lowest BCUT2D eigenvalue weighted by atomic mass is 9.98. The molecule has 0 aliphatic rings. The second-order valence-corrected chi connectivity index (χ2v) is 5.44. The third kappa shape index (κ3) is 3.85. The van der Waals surface area contributed by atoms with Gasteiger partial charge in [-0.15, -0.1) is 0 Å². The van der Waals surface area contributed by atoms with Crippen LogP contribution in [0.5, 0.6) is 0 Å². The standard InChI is InChI=1S/C11H13NO6S/c1-6-2-3-7(19(16,17)18)4-8(6)11(15)9(12)5-10(13)14/h2-4,9H,5,12H2,1H3,(H,13,14)(H,16,17,18)/t9-/m0/s1. The quantitative estimate of drug-likeness (QED) is 0.521. The van der Waals surface area contributed by atoms with Crippen LogP contribution < -0.4 is 5.73 Å². The molecule has 0 heterocycles. The molecular weight excluding hydrogens is 274 g/mol. The number of hydrogen-bond acceptors (Lipinski definition) is 5. The number of Topliss-reactive ketones (excluding diaryl/α,β-unsaturated/α-hetero) is 1. The zero-order chi connectivity index (χ0) is 14.8. The van der Waals surface area contributed by atoms with Gasteiger partial charge in [-0.1, -0.05) is 6.07 Å². The van der Waals surface area contributed by atoms with Crippen molar-refractivity contribution in [1.82, 2.24) is 0 Å². The van der Waals surface area contributed by atoms with E-state index in [1.807, 2.05) is 0 Å². The van der Waals surface area contributed by atoms with Crippen LogP contribution in [0, 0.1) is 6.92 Å². The summed E-state index contributed by atoms with van der Waals surface area (Å²) in [4.78, 5) is 22.0. The molecule has 7 nitrogen and oxygen atoms in total. The second-order valence-electron chi connectivity index (χ2n) is 4.02. The molecule has 19 heavy (non-hydrogen) atoms. The molecule has 0 fully saturated rings.